The summed E-state index contributed by atoms with van der Waals surface area (Å²) in [5, 5.41) is 105. The largest absolute Gasteiger partial charge is 0.507 e. The number of thioether (sulfide) groups is 1. The van der Waals surface area contributed by atoms with E-state index in [1.165, 1.54) is 26.0 Å². The van der Waals surface area contributed by atoms with Gasteiger partial charge in [0.25, 0.3) is 0 Å². The number of phenols is 1. The SMILES string of the molecule is C[C@@H](O)[C@H](CO)NC(=O)[C@@H]1CSSC[C@H](NC(=O)[C@H](Cc2ccccc2)NC(=O)CCS[C@@H]2O[C@@H](CO)[C@H](O)[C@H](O)[C@@H]2O)C(=O)N[C@@H](Cc2ccc(O)c(I)c2)C(=O)N[C@H](Cc2c[nH]c3ccccc23)C(=O)N[C@@H](CCCCN)C(=O)N[C@@H]([C@@H](C)O)C(=O)N1. The van der Waals surface area contributed by atoms with Crippen LogP contribution >= 0.6 is 55.9 Å². The molecule has 2 aliphatic rings. The minimum Gasteiger partial charge on any atom is -0.507 e. The first-order chi connectivity index (χ1) is 42.5. The first-order valence-electron chi connectivity index (χ1n) is 28.8. The third-order valence-corrected chi connectivity index (χ3v) is 19.2. The molecule has 19 N–H and O–H groups in total. The van der Waals surface area contributed by atoms with E-state index in [9.17, 15) is 69.6 Å². The van der Waals surface area contributed by atoms with Crippen LogP contribution in [0.3, 0.4) is 0 Å². The minimum atomic E-state index is -1.75. The summed E-state index contributed by atoms with van der Waals surface area (Å²) in [5.74, 6) is -7.93. The molecule has 0 unspecified atom stereocenters. The van der Waals surface area contributed by atoms with Crippen molar-refractivity contribution in [2.24, 2.45) is 5.73 Å². The third kappa shape index (κ3) is 21.4. The van der Waals surface area contributed by atoms with Crippen LogP contribution in [0.2, 0.25) is 0 Å². The monoisotopic (exact) mass is 1410 g/mol. The van der Waals surface area contributed by atoms with E-state index in [-0.39, 0.29) is 68.1 Å². The third-order valence-electron chi connectivity index (χ3n) is 14.8. The molecule has 6 rings (SSSR count). The van der Waals surface area contributed by atoms with Gasteiger partial charge >= 0.3 is 0 Å². The van der Waals surface area contributed by atoms with Gasteiger partial charge in [-0.1, -0.05) is 76.2 Å². The van der Waals surface area contributed by atoms with Crippen LogP contribution < -0.4 is 48.3 Å². The van der Waals surface area contributed by atoms with Gasteiger partial charge in [-0.15, -0.1) is 11.8 Å². The molecule has 0 radical (unpaired) electrons. The lowest BCUT2D eigenvalue weighted by atomic mass is 10.0. The van der Waals surface area contributed by atoms with Crippen molar-refractivity contribution >= 4 is 114 Å². The normalized spacial score (nSPS) is 25.8. The number of aromatic hydroxyl groups is 1. The summed E-state index contributed by atoms with van der Waals surface area (Å²) >= 11 is 2.81. The van der Waals surface area contributed by atoms with Gasteiger partial charge in [0.15, 0.2) is 0 Å². The number of aliphatic hydroxyl groups is 7. The van der Waals surface area contributed by atoms with Crippen molar-refractivity contribution in [3.63, 3.8) is 0 Å². The summed E-state index contributed by atoms with van der Waals surface area (Å²) in [6, 6.07) is 8.33. The fraction of sp³-hybridized carbons (Fsp3) is 0.517. The van der Waals surface area contributed by atoms with Crippen molar-refractivity contribution in [3.05, 3.63) is 99.3 Å². The number of carbonyl (C=O) groups is 8. The molecule has 3 heterocycles. The van der Waals surface area contributed by atoms with Crippen LogP contribution in [0.1, 0.15) is 56.2 Å². The second-order valence-corrected chi connectivity index (χ2v) is 26.5. The molecule has 0 saturated carbocycles. The number of amides is 8. The fourth-order valence-electron chi connectivity index (χ4n) is 9.62. The quantitative estimate of drug-likeness (QED) is 0.0209. The van der Waals surface area contributed by atoms with E-state index in [1.54, 1.807) is 66.9 Å². The van der Waals surface area contributed by atoms with Crippen molar-refractivity contribution in [1.29, 1.82) is 0 Å². The maximum Gasteiger partial charge on any atom is 0.245 e. The Bertz CT molecular complexity index is 3030. The van der Waals surface area contributed by atoms with Gasteiger partial charge in [0, 0.05) is 60.0 Å². The molecule has 1 aromatic heterocycles. The topological polar surface area (TPSA) is 446 Å². The molecule has 2 aliphatic heterocycles. The summed E-state index contributed by atoms with van der Waals surface area (Å²) in [6.45, 7) is 1.36. The van der Waals surface area contributed by atoms with Crippen LogP contribution in [0.5, 0.6) is 5.75 Å². The number of nitrogens with two attached hydrogens (primary N) is 1. The fourth-order valence-corrected chi connectivity index (χ4v) is 13.6. The number of unbranched alkanes of at least 4 members (excludes halogenated alkanes) is 1. The minimum absolute atomic E-state index is 0.0379. The Kier molecular flexibility index (Phi) is 29.0. The number of rotatable bonds is 23. The zero-order chi connectivity index (χ0) is 64.9. The van der Waals surface area contributed by atoms with E-state index in [0.717, 1.165) is 33.3 Å². The van der Waals surface area contributed by atoms with Crippen LogP contribution in [0.15, 0.2) is 79.0 Å². The van der Waals surface area contributed by atoms with E-state index in [2.05, 4.69) is 47.5 Å². The van der Waals surface area contributed by atoms with Crippen LogP contribution in [0.25, 0.3) is 10.9 Å². The maximum atomic E-state index is 15.1. The molecule has 2 saturated heterocycles. The number of aromatic nitrogens is 1. The average molecular weight is 1410 g/mol. The molecule has 0 aliphatic carbocycles. The number of para-hydroxylation sites is 1. The number of H-pyrrole nitrogens is 1. The van der Waals surface area contributed by atoms with Crippen LogP contribution in [-0.4, -0.2) is 221 Å². The molecular weight excluding hydrogens is 1330 g/mol. The Hall–Kier alpha value is -5.82. The number of ether oxygens (including phenoxy) is 1. The van der Waals surface area contributed by atoms with E-state index >= 15 is 9.59 Å². The van der Waals surface area contributed by atoms with E-state index in [4.69, 9.17) is 10.5 Å². The van der Waals surface area contributed by atoms with Gasteiger partial charge in [-0.25, -0.2) is 0 Å². The van der Waals surface area contributed by atoms with E-state index < -0.39 is 151 Å². The highest BCUT2D eigenvalue weighted by Gasteiger charge is 2.44. The smallest absolute Gasteiger partial charge is 0.245 e. The Labute approximate surface area is 539 Å². The number of halogens is 1. The predicted octanol–water partition coefficient (Wildman–Crippen LogP) is -2.41. The number of aromatic amines is 1. The average Bonchev–Trinajstić information content (AvgIpc) is 2.17. The predicted molar refractivity (Wildman–Crippen MR) is 341 cm³/mol. The number of hydrogen-bond acceptors (Lipinski definition) is 21. The molecule has 2 fully saturated rings. The van der Waals surface area contributed by atoms with Gasteiger partial charge in [-0.05, 0) is 97.1 Å². The number of nitrogens with one attached hydrogen (secondary N) is 9. The lowest BCUT2D eigenvalue weighted by Gasteiger charge is -2.39. The summed E-state index contributed by atoms with van der Waals surface area (Å²) in [6.07, 6.45) is -7.43. The number of benzene rings is 3. The van der Waals surface area contributed by atoms with Crippen LogP contribution in [0.4, 0.5) is 0 Å². The highest BCUT2D eigenvalue weighted by molar-refractivity contribution is 14.1. The van der Waals surface area contributed by atoms with Gasteiger partial charge in [-0.2, -0.15) is 0 Å². The molecule has 15 atom stereocenters. The zero-order valence-corrected chi connectivity index (χ0v) is 53.4. The highest BCUT2D eigenvalue weighted by Crippen LogP contribution is 2.30. The number of hydrogen-bond donors (Lipinski definition) is 18. The maximum absolute atomic E-state index is 15.1. The zero-order valence-electron chi connectivity index (χ0n) is 48.8. The Morgan fingerprint density at radius 2 is 1.43 bits per heavy atom. The van der Waals surface area contributed by atoms with Crippen LogP contribution in [-0.2, 0) is 62.4 Å². The summed E-state index contributed by atoms with van der Waals surface area (Å²) in [5.41, 5.74) is 6.97. The van der Waals surface area contributed by atoms with E-state index in [1.807, 2.05) is 22.6 Å². The first-order valence-corrected chi connectivity index (χ1v) is 33.5. The van der Waals surface area contributed by atoms with E-state index in [0.29, 0.717) is 37.6 Å². The number of carbonyl (C=O) groups excluding carboxylic acids is 8. The Balaban J connectivity index is 1.39. The summed E-state index contributed by atoms with van der Waals surface area (Å²) in [7, 11) is 1.84. The summed E-state index contributed by atoms with van der Waals surface area (Å²) < 4.78 is 5.96. The van der Waals surface area contributed by atoms with Gasteiger partial charge in [-0.3, -0.25) is 38.4 Å². The molecule has 8 amide bonds. The first kappa shape index (κ1) is 72.2. The number of fused-ring (bicyclic) bond motifs is 1. The van der Waals surface area contributed by atoms with Gasteiger partial charge in [0.05, 0.1) is 35.0 Å². The van der Waals surface area contributed by atoms with Crippen molar-refractivity contribution in [3.8, 4) is 5.75 Å². The van der Waals surface area contributed by atoms with Crippen molar-refractivity contribution in [2.45, 2.75) is 149 Å². The summed E-state index contributed by atoms with van der Waals surface area (Å²) in [4.78, 5) is 119. The van der Waals surface area contributed by atoms with Crippen LogP contribution in [0, 0.1) is 3.57 Å². The van der Waals surface area contributed by atoms with Crippen molar-refractivity contribution in [1.82, 2.24) is 47.5 Å². The molecule has 31 heteroatoms. The van der Waals surface area contributed by atoms with Crippen molar-refractivity contribution in [2.75, 3.05) is 37.0 Å². The molecule has 3 aromatic carbocycles. The van der Waals surface area contributed by atoms with Gasteiger partial charge in [0.1, 0.15) is 77.9 Å². The second-order valence-electron chi connectivity index (χ2n) is 21.6. The second kappa shape index (κ2) is 35.7. The number of aliphatic hydroxyl groups excluding tert-OH is 7. The number of phenolic OH excluding ortho intramolecular Hbond substituents is 1. The van der Waals surface area contributed by atoms with Crippen molar-refractivity contribution < 1.29 is 83.9 Å². The highest BCUT2D eigenvalue weighted by atomic mass is 127. The standard InChI is InChI=1S/C58H79IN10O17S3/c1-29(72)41(25-70)66-56(84)43-28-89-88-27-42(67-52(80)38(21-31-10-4-3-5-11-31)62-46(75)17-19-87-58-50(78)49(77)48(76)45(26-71)86-58)55(83)64-39(22-32-15-16-44(74)35(59)20-32)53(81)65-40(23-33-24-61-36-13-7-6-12-34(33)36)54(82)63-37(14-8-9-18-60)51(79)69-47(30(2)73)57(85)68-43/h3-7,10-13,15-16,20,24,29-30,37-43,45,47-50,58,61,70-74,76-78H,8-9,14,17-19,21-23,25-28,60H2,1-2H3,(H,62,75)(H,63,82)(H,64,83)(H,65,81)(H,66,84)(H,67,80)(H,68,85)(H,69,79)/t29-,30-,37+,38+,39+,40-,41+,42+,43+,45+,47+,48+,49+,50+,58+/m1/s1. The molecule has 89 heavy (non-hydrogen) atoms. The molecule has 27 nitrogen and oxygen atoms in total. The molecule has 4 aromatic rings. The molecule has 0 spiro atoms. The molecule has 488 valence electrons. The van der Waals surface area contributed by atoms with Gasteiger partial charge in [0.2, 0.25) is 47.3 Å². The molecular formula is C58H79IN10O17S3. The Morgan fingerprint density at radius 1 is 0.764 bits per heavy atom. The lowest BCUT2D eigenvalue weighted by Crippen LogP contribution is -2.62. The van der Waals surface area contributed by atoms with Gasteiger partial charge < -0.3 is 98.8 Å². The lowest BCUT2D eigenvalue weighted by molar-refractivity contribution is -0.205. The molecule has 0 bridgehead atoms. The Morgan fingerprint density at radius 3 is 2.10 bits per heavy atom.